The molecule has 0 unspecified atom stereocenters. The maximum atomic E-state index is 10.9. The number of hydrogen-bond donors (Lipinski definition) is 0. The normalized spacial score (nSPS) is 38.0. The fraction of sp³-hybridized carbons (Fsp3) is 0.375. The molecule has 0 N–H and O–H groups in total. The molecule has 2 bridgehead atoms. The molecule has 0 fully saturated rings. The first-order chi connectivity index (χ1) is 4.36. The number of ketones is 1. The summed E-state index contributed by atoms with van der Waals surface area (Å²) < 4.78 is 0. The fourth-order valence-electron chi connectivity index (χ4n) is 1.42. The summed E-state index contributed by atoms with van der Waals surface area (Å²) in [5, 5.41) is 0. The van der Waals surface area contributed by atoms with Crippen LogP contribution < -0.4 is 0 Å². The van der Waals surface area contributed by atoms with Crippen LogP contribution in [0.25, 0.3) is 0 Å². The molecule has 0 radical (unpaired) electrons. The largest absolute Gasteiger partial charge is 0.294 e. The van der Waals surface area contributed by atoms with E-state index in [1.54, 1.807) is 6.08 Å². The number of hydrogen-bond acceptors (Lipinski definition) is 1. The third-order valence-corrected chi connectivity index (χ3v) is 1.99. The van der Waals surface area contributed by atoms with E-state index in [4.69, 9.17) is 0 Å². The average Bonchev–Trinajstić information content (AvgIpc) is 2.25. The molecule has 0 saturated carbocycles. The molecule has 0 aromatic rings. The first-order valence-electron chi connectivity index (χ1n) is 3.26. The highest BCUT2D eigenvalue weighted by atomic mass is 16.1. The zero-order valence-corrected chi connectivity index (χ0v) is 5.08. The number of allylic oxidation sites excluding steroid dienone is 4. The SMILES string of the molecule is O=C1C=C[C@H]2C=C[C@@H]1C2. The number of rotatable bonds is 0. The van der Waals surface area contributed by atoms with Gasteiger partial charge in [-0.3, -0.25) is 4.79 Å². The number of carbonyl (C=O) groups excluding carboxylic acids is 1. The van der Waals surface area contributed by atoms with Gasteiger partial charge in [-0.1, -0.05) is 18.2 Å². The molecule has 0 saturated heterocycles. The molecular weight excluding hydrogens is 112 g/mol. The molecule has 2 aliphatic rings. The Balaban J connectivity index is 2.39. The summed E-state index contributed by atoms with van der Waals surface area (Å²) in [5.74, 6) is 1.06. The number of fused-ring (bicyclic) bond motifs is 2. The molecule has 1 heteroatoms. The third kappa shape index (κ3) is 0.645. The van der Waals surface area contributed by atoms with Crippen molar-refractivity contribution in [2.45, 2.75) is 6.42 Å². The van der Waals surface area contributed by atoms with Gasteiger partial charge < -0.3 is 0 Å². The molecule has 0 spiro atoms. The van der Waals surface area contributed by atoms with Crippen LogP contribution in [0, 0.1) is 11.8 Å². The second-order valence-corrected chi connectivity index (χ2v) is 2.65. The average molecular weight is 120 g/mol. The summed E-state index contributed by atoms with van der Waals surface area (Å²) in [6, 6.07) is 0. The Morgan fingerprint density at radius 2 is 2.22 bits per heavy atom. The van der Waals surface area contributed by atoms with Crippen molar-refractivity contribution in [1.82, 2.24) is 0 Å². The van der Waals surface area contributed by atoms with E-state index >= 15 is 0 Å². The van der Waals surface area contributed by atoms with Gasteiger partial charge in [0, 0.05) is 5.92 Å². The van der Waals surface area contributed by atoms with Crippen LogP contribution in [-0.2, 0) is 4.79 Å². The van der Waals surface area contributed by atoms with E-state index in [1.807, 2.05) is 12.2 Å². The van der Waals surface area contributed by atoms with Gasteiger partial charge in [-0.2, -0.15) is 0 Å². The maximum absolute atomic E-state index is 10.9. The Labute approximate surface area is 54.1 Å². The summed E-state index contributed by atoms with van der Waals surface area (Å²) in [4.78, 5) is 10.9. The van der Waals surface area contributed by atoms with Crippen LogP contribution in [0.4, 0.5) is 0 Å². The van der Waals surface area contributed by atoms with Crippen molar-refractivity contribution in [2.24, 2.45) is 11.8 Å². The van der Waals surface area contributed by atoms with E-state index in [2.05, 4.69) is 6.08 Å². The fourth-order valence-corrected chi connectivity index (χ4v) is 1.42. The van der Waals surface area contributed by atoms with Gasteiger partial charge in [-0.15, -0.1) is 0 Å². The molecule has 0 amide bonds. The first kappa shape index (κ1) is 4.98. The second-order valence-electron chi connectivity index (χ2n) is 2.65. The van der Waals surface area contributed by atoms with Crippen LogP contribution in [0.3, 0.4) is 0 Å². The van der Waals surface area contributed by atoms with E-state index in [-0.39, 0.29) is 11.7 Å². The Morgan fingerprint density at radius 1 is 1.33 bits per heavy atom. The zero-order valence-electron chi connectivity index (χ0n) is 5.08. The van der Waals surface area contributed by atoms with E-state index in [9.17, 15) is 4.79 Å². The Kier molecular flexibility index (Phi) is 0.865. The van der Waals surface area contributed by atoms with Crippen LogP contribution >= 0.6 is 0 Å². The van der Waals surface area contributed by atoms with E-state index in [0.29, 0.717) is 5.92 Å². The molecule has 9 heavy (non-hydrogen) atoms. The van der Waals surface area contributed by atoms with Gasteiger partial charge in [0.2, 0.25) is 0 Å². The monoisotopic (exact) mass is 120 g/mol. The van der Waals surface area contributed by atoms with Crippen molar-refractivity contribution >= 4 is 5.78 Å². The molecule has 0 aromatic heterocycles. The molecule has 0 aromatic carbocycles. The topological polar surface area (TPSA) is 17.1 Å². The summed E-state index contributed by atoms with van der Waals surface area (Å²) in [7, 11) is 0. The van der Waals surface area contributed by atoms with E-state index < -0.39 is 0 Å². The van der Waals surface area contributed by atoms with Gasteiger partial charge in [-0.25, -0.2) is 0 Å². The van der Waals surface area contributed by atoms with Crippen LogP contribution in [0.15, 0.2) is 24.3 Å². The molecule has 1 nitrogen and oxygen atoms in total. The quantitative estimate of drug-likeness (QED) is 0.440. The molecule has 2 atom stereocenters. The van der Waals surface area contributed by atoms with Gasteiger partial charge in [0.25, 0.3) is 0 Å². The minimum atomic E-state index is 0.222. The van der Waals surface area contributed by atoms with E-state index in [1.165, 1.54) is 0 Å². The van der Waals surface area contributed by atoms with Crippen LogP contribution in [0.1, 0.15) is 6.42 Å². The predicted octanol–water partition coefficient (Wildman–Crippen LogP) is 1.32. The first-order valence-corrected chi connectivity index (χ1v) is 3.26. The third-order valence-electron chi connectivity index (χ3n) is 1.99. The highest BCUT2D eigenvalue weighted by molar-refractivity contribution is 5.94. The van der Waals surface area contributed by atoms with Crippen molar-refractivity contribution in [3.8, 4) is 0 Å². The Hall–Kier alpha value is -0.850. The Morgan fingerprint density at radius 3 is 3.00 bits per heavy atom. The summed E-state index contributed by atoms with van der Waals surface area (Å²) in [5.41, 5.74) is 0. The van der Waals surface area contributed by atoms with Crippen molar-refractivity contribution in [2.75, 3.05) is 0 Å². The standard InChI is InChI=1S/C8H8O/c9-8-4-2-6-1-3-7(8)5-6/h1-4,6-7H,5H2/t6-,7-/m1/s1. The second kappa shape index (κ2) is 1.56. The lowest BCUT2D eigenvalue weighted by atomic mass is 9.93. The molecule has 2 aliphatic carbocycles. The van der Waals surface area contributed by atoms with Crippen molar-refractivity contribution in [1.29, 1.82) is 0 Å². The van der Waals surface area contributed by atoms with Crippen LogP contribution in [0.2, 0.25) is 0 Å². The van der Waals surface area contributed by atoms with Gasteiger partial charge in [0.05, 0.1) is 0 Å². The summed E-state index contributed by atoms with van der Waals surface area (Å²) in [6.45, 7) is 0. The summed E-state index contributed by atoms with van der Waals surface area (Å²) >= 11 is 0. The molecule has 46 valence electrons. The zero-order chi connectivity index (χ0) is 6.27. The van der Waals surface area contributed by atoms with Gasteiger partial charge in [0.1, 0.15) is 0 Å². The Bertz CT molecular complexity index is 201. The molecule has 2 rings (SSSR count). The lowest BCUT2D eigenvalue weighted by Gasteiger charge is -2.09. The maximum Gasteiger partial charge on any atom is 0.162 e. The van der Waals surface area contributed by atoms with Crippen molar-refractivity contribution < 1.29 is 4.79 Å². The lowest BCUT2D eigenvalue weighted by Crippen LogP contribution is -2.11. The van der Waals surface area contributed by atoms with Crippen molar-refractivity contribution in [3.05, 3.63) is 24.3 Å². The molecule has 0 heterocycles. The van der Waals surface area contributed by atoms with Crippen molar-refractivity contribution in [3.63, 3.8) is 0 Å². The lowest BCUT2D eigenvalue weighted by molar-refractivity contribution is -0.117. The molecule has 0 aliphatic heterocycles. The van der Waals surface area contributed by atoms with Gasteiger partial charge in [-0.05, 0) is 18.4 Å². The van der Waals surface area contributed by atoms with Gasteiger partial charge in [0.15, 0.2) is 5.78 Å². The summed E-state index contributed by atoms with van der Waals surface area (Å²) in [6.07, 6.45) is 8.86. The highest BCUT2D eigenvalue weighted by Gasteiger charge is 2.25. The number of carbonyl (C=O) groups is 1. The van der Waals surface area contributed by atoms with Crippen LogP contribution in [0.5, 0.6) is 0 Å². The minimum Gasteiger partial charge on any atom is -0.294 e. The minimum absolute atomic E-state index is 0.222. The highest BCUT2D eigenvalue weighted by Crippen LogP contribution is 2.29. The smallest absolute Gasteiger partial charge is 0.162 e. The van der Waals surface area contributed by atoms with E-state index in [0.717, 1.165) is 6.42 Å². The van der Waals surface area contributed by atoms with Gasteiger partial charge >= 0.3 is 0 Å². The molecular formula is C8H8O. The van der Waals surface area contributed by atoms with Crippen LogP contribution in [-0.4, -0.2) is 5.78 Å². The predicted molar refractivity (Wildman–Crippen MR) is 34.9 cm³/mol.